The van der Waals surface area contributed by atoms with Gasteiger partial charge in [0.05, 0.1) is 24.7 Å². The van der Waals surface area contributed by atoms with E-state index >= 15 is 0 Å². The van der Waals surface area contributed by atoms with Crippen molar-refractivity contribution in [3.63, 3.8) is 0 Å². The van der Waals surface area contributed by atoms with Crippen LogP contribution in [0.2, 0.25) is 0 Å². The topological polar surface area (TPSA) is 118 Å². The summed E-state index contributed by atoms with van der Waals surface area (Å²) in [5, 5.41) is 10.8. The van der Waals surface area contributed by atoms with Crippen LogP contribution in [0.15, 0.2) is 52.5 Å². The van der Waals surface area contributed by atoms with Gasteiger partial charge in [-0.05, 0) is 80.0 Å². The molecule has 0 aliphatic heterocycles. The van der Waals surface area contributed by atoms with E-state index in [1.165, 1.54) is 44.3 Å². The molecule has 11 heteroatoms. The molecule has 0 saturated heterocycles. The van der Waals surface area contributed by atoms with E-state index in [4.69, 9.17) is 9.47 Å². The Hall–Kier alpha value is -2.24. The lowest BCUT2D eigenvalue weighted by Crippen LogP contribution is -2.40. The number of rotatable bonds is 13. The second-order valence-electron chi connectivity index (χ2n) is 9.20. The molecule has 0 radical (unpaired) electrons. The molecule has 0 atom stereocenters. The Bertz CT molecular complexity index is 1080. The first-order chi connectivity index (χ1) is 17.3. The Morgan fingerprint density at radius 1 is 1.14 bits per heavy atom. The van der Waals surface area contributed by atoms with Crippen molar-refractivity contribution in [1.29, 1.82) is 0 Å². The monoisotopic (exact) mass is 555 g/mol. The third-order valence-electron chi connectivity index (χ3n) is 6.40. The van der Waals surface area contributed by atoms with E-state index in [1.807, 2.05) is 0 Å². The number of ether oxygens (including phenoxy) is 2. The molecule has 0 bridgehead atoms. The molecule has 1 aromatic heterocycles. The van der Waals surface area contributed by atoms with Gasteiger partial charge in [-0.25, -0.2) is 13.4 Å². The molecule has 1 aliphatic rings. The smallest absolute Gasteiger partial charge is 0.236 e. The molecule has 2 aromatic rings. The molecule has 0 unspecified atom stereocenters. The number of halogens is 1. The lowest BCUT2D eigenvalue weighted by Gasteiger charge is -2.28. The van der Waals surface area contributed by atoms with Crippen LogP contribution < -0.4 is 10.2 Å². The van der Waals surface area contributed by atoms with Crippen LogP contribution in [0.3, 0.4) is 0 Å². The molecule has 1 saturated carbocycles. The second kappa shape index (κ2) is 15.2. The highest BCUT2D eigenvalue weighted by Crippen LogP contribution is 2.29. The number of pyridine rings is 1. The highest BCUT2D eigenvalue weighted by molar-refractivity contribution is 7.91. The first-order valence-electron chi connectivity index (χ1n) is 12.5. The number of hydrogen-bond acceptors (Lipinski definition) is 8. The number of sulfone groups is 1. The van der Waals surface area contributed by atoms with Crippen molar-refractivity contribution in [2.75, 3.05) is 13.7 Å². The number of unbranched alkanes of at least 4 members (excludes halogenated alkanes) is 2. The second-order valence-corrected chi connectivity index (χ2v) is 11.1. The maximum Gasteiger partial charge on any atom is 0.236 e. The number of hydroxylamine groups is 1. The van der Waals surface area contributed by atoms with Gasteiger partial charge in [-0.3, -0.25) is 15.4 Å². The number of carbonyl (C=O) groups excluding carboxylic acids is 1. The number of amides is 1. The van der Waals surface area contributed by atoms with Crippen LogP contribution in [-0.4, -0.2) is 49.5 Å². The zero-order valence-corrected chi connectivity index (χ0v) is 23.1. The molecule has 1 aromatic carbocycles. The van der Waals surface area contributed by atoms with Gasteiger partial charge in [-0.2, -0.15) is 0 Å². The normalized spacial score (nSPS) is 17.7. The van der Waals surface area contributed by atoms with Gasteiger partial charge in [0.25, 0.3) is 0 Å². The summed E-state index contributed by atoms with van der Waals surface area (Å²) in [6, 6.07) is 9.00. The third-order valence-corrected chi connectivity index (χ3v) is 8.07. The van der Waals surface area contributed by atoms with Crippen LogP contribution in [0.1, 0.15) is 63.9 Å². The summed E-state index contributed by atoms with van der Waals surface area (Å²) < 4.78 is 36.9. The molecule has 2 N–H and O–H groups in total. The summed E-state index contributed by atoms with van der Waals surface area (Å²) in [5.41, 5.74) is 2.96. The average Bonchev–Trinajstić information content (AvgIpc) is 2.87. The standard InChI is InChI=1S/C26H37N3O6S.ClH/c1-3-4-5-16-35-23-8-6-20(7-9-23)17-25(30)28-29(31)19-21-14-15-27-26(18-21)36(32,33)24-12-10-22(34-2)11-13-24;/h10-15,18,20,23,31H,3-9,16-17,19H2,1-2H3,(H,28,30);1H/t20-,23-;. The van der Waals surface area contributed by atoms with Crippen molar-refractivity contribution < 1.29 is 27.9 Å². The SMILES string of the molecule is CCCCCO[C@H]1CC[C@H](CC(=O)NN(O)Cc2ccnc(S(=O)(=O)c3ccc(OC)cc3)c2)CC1.Cl. The van der Waals surface area contributed by atoms with Crippen molar-refractivity contribution in [3.05, 3.63) is 48.2 Å². The van der Waals surface area contributed by atoms with Crippen molar-refractivity contribution >= 4 is 28.2 Å². The van der Waals surface area contributed by atoms with Gasteiger partial charge in [0, 0.05) is 19.2 Å². The zero-order valence-electron chi connectivity index (χ0n) is 21.5. The number of hydrogen-bond donors (Lipinski definition) is 2. The van der Waals surface area contributed by atoms with Gasteiger partial charge in [0.1, 0.15) is 5.75 Å². The predicted molar refractivity (Wildman–Crippen MR) is 141 cm³/mol. The van der Waals surface area contributed by atoms with Crippen LogP contribution in [0.4, 0.5) is 0 Å². The summed E-state index contributed by atoms with van der Waals surface area (Å²) in [5.74, 6) is 0.534. The maximum absolute atomic E-state index is 12.9. The molecule has 1 amide bonds. The Balaban J connectivity index is 0.00000481. The highest BCUT2D eigenvalue weighted by Gasteiger charge is 2.24. The number of carbonyl (C=O) groups is 1. The van der Waals surface area contributed by atoms with E-state index in [-0.39, 0.29) is 46.8 Å². The Kier molecular flexibility index (Phi) is 12.8. The van der Waals surface area contributed by atoms with E-state index < -0.39 is 9.84 Å². The summed E-state index contributed by atoms with van der Waals surface area (Å²) in [7, 11) is -2.34. The lowest BCUT2D eigenvalue weighted by atomic mass is 9.85. The summed E-state index contributed by atoms with van der Waals surface area (Å²) in [6.07, 6.45) is 9.19. The Morgan fingerprint density at radius 2 is 1.84 bits per heavy atom. The minimum absolute atomic E-state index is 0. The zero-order chi connectivity index (χ0) is 26.0. The molecule has 3 rings (SSSR count). The Morgan fingerprint density at radius 3 is 2.49 bits per heavy atom. The van der Waals surface area contributed by atoms with Crippen molar-refractivity contribution in [2.24, 2.45) is 5.92 Å². The van der Waals surface area contributed by atoms with Gasteiger partial charge in [0.2, 0.25) is 15.7 Å². The maximum atomic E-state index is 12.9. The van der Waals surface area contributed by atoms with Crippen LogP contribution in [0.25, 0.3) is 0 Å². The van der Waals surface area contributed by atoms with E-state index in [0.29, 0.717) is 22.9 Å². The van der Waals surface area contributed by atoms with E-state index in [9.17, 15) is 18.4 Å². The molecule has 1 aliphatic carbocycles. The fourth-order valence-electron chi connectivity index (χ4n) is 4.34. The quantitative estimate of drug-likeness (QED) is 0.269. The first-order valence-corrected chi connectivity index (χ1v) is 14.0. The molecule has 9 nitrogen and oxygen atoms in total. The molecular formula is C26H38ClN3O6S. The van der Waals surface area contributed by atoms with E-state index in [1.54, 1.807) is 18.2 Å². The molecule has 1 heterocycles. The largest absolute Gasteiger partial charge is 0.497 e. The van der Waals surface area contributed by atoms with Gasteiger partial charge in [-0.1, -0.05) is 24.9 Å². The van der Waals surface area contributed by atoms with Crippen LogP contribution >= 0.6 is 12.4 Å². The Labute approximate surface area is 225 Å². The summed E-state index contributed by atoms with van der Waals surface area (Å²) in [4.78, 5) is 16.5. The van der Waals surface area contributed by atoms with Crippen molar-refractivity contribution in [3.8, 4) is 5.75 Å². The number of hydrazine groups is 1. The number of benzene rings is 1. The number of nitrogens with one attached hydrogen (secondary N) is 1. The highest BCUT2D eigenvalue weighted by atomic mass is 35.5. The van der Waals surface area contributed by atoms with Crippen LogP contribution in [-0.2, 0) is 25.9 Å². The minimum Gasteiger partial charge on any atom is -0.497 e. The predicted octanol–water partition coefficient (Wildman–Crippen LogP) is 4.72. The lowest BCUT2D eigenvalue weighted by molar-refractivity contribution is -0.166. The van der Waals surface area contributed by atoms with Gasteiger partial charge >= 0.3 is 0 Å². The number of methoxy groups -OCH3 is 1. The number of aromatic nitrogens is 1. The fraction of sp³-hybridized carbons (Fsp3) is 0.538. The summed E-state index contributed by atoms with van der Waals surface area (Å²) in [6.45, 7) is 2.89. The molecule has 37 heavy (non-hydrogen) atoms. The van der Waals surface area contributed by atoms with Gasteiger partial charge in [-0.15, -0.1) is 12.4 Å². The molecule has 1 fully saturated rings. The molecular weight excluding hydrogens is 518 g/mol. The van der Waals surface area contributed by atoms with Crippen LogP contribution in [0.5, 0.6) is 5.75 Å². The average molecular weight is 556 g/mol. The molecule has 206 valence electrons. The third kappa shape index (κ3) is 9.54. The van der Waals surface area contributed by atoms with Crippen molar-refractivity contribution in [1.82, 2.24) is 15.6 Å². The van der Waals surface area contributed by atoms with E-state index in [2.05, 4.69) is 17.3 Å². The molecule has 0 spiro atoms. The van der Waals surface area contributed by atoms with Crippen molar-refractivity contribution in [2.45, 2.75) is 80.9 Å². The van der Waals surface area contributed by atoms with Crippen LogP contribution in [0, 0.1) is 5.92 Å². The van der Waals surface area contributed by atoms with Gasteiger partial charge < -0.3 is 9.47 Å². The fourth-order valence-corrected chi connectivity index (χ4v) is 5.58. The van der Waals surface area contributed by atoms with Gasteiger partial charge in [0.15, 0.2) is 5.03 Å². The summed E-state index contributed by atoms with van der Waals surface area (Å²) >= 11 is 0. The number of nitrogens with zero attached hydrogens (tertiary/aromatic N) is 2. The van der Waals surface area contributed by atoms with E-state index in [0.717, 1.165) is 38.7 Å². The minimum atomic E-state index is -3.84. The first kappa shape index (κ1) is 31.0.